The molecule has 0 aromatic carbocycles. The first-order chi connectivity index (χ1) is 26.5. The summed E-state index contributed by atoms with van der Waals surface area (Å²) in [6.07, 6.45) is 43.8. The Hall–Kier alpha value is -0.760. The molecule has 0 heterocycles. The first kappa shape index (κ1) is 54.2. The van der Waals surface area contributed by atoms with Gasteiger partial charge >= 0.3 is 7.82 Å². The number of phosphoric ester groups is 1. The van der Waals surface area contributed by atoms with E-state index < -0.39 is 20.0 Å². The third kappa shape index (κ3) is 41.2. The van der Waals surface area contributed by atoms with Crippen molar-refractivity contribution in [2.24, 2.45) is 0 Å². The number of unbranched alkanes of at least 4 members (excludes halogenated alkanes) is 28. The van der Waals surface area contributed by atoms with E-state index in [1.165, 1.54) is 148 Å². The summed E-state index contributed by atoms with van der Waals surface area (Å²) in [5, 5.41) is 14.0. The number of quaternary nitrogens is 1. The van der Waals surface area contributed by atoms with Gasteiger partial charge in [-0.05, 0) is 38.5 Å². The topological polar surface area (TPSA) is 105 Å². The lowest BCUT2D eigenvalue weighted by atomic mass is 10.0. The zero-order valence-electron chi connectivity index (χ0n) is 37.2. The highest BCUT2D eigenvalue weighted by atomic mass is 31.2. The molecule has 1 amide bonds. The fraction of sp³-hybridized carbons (Fsp3) is 0.935. The molecule has 0 aliphatic carbocycles. The summed E-state index contributed by atoms with van der Waals surface area (Å²) < 4.78 is 23.6. The molecule has 0 rings (SSSR count). The number of hydrogen-bond donors (Lipinski definition) is 3. The maximum Gasteiger partial charge on any atom is 0.472 e. The third-order valence-electron chi connectivity index (χ3n) is 10.8. The lowest BCUT2D eigenvalue weighted by molar-refractivity contribution is -0.870. The number of aliphatic hydroxyl groups is 1. The van der Waals surface area contributed by atoms with Crippen molar-refractivity contribution in [1.82, 2.24) is 5.32 Å². The highest BCUT2D eigenvalue weighted by Crippen LogP contribution is 2.43. The molecule has 3 unspecified atom stereocenters. The van der Waals surface area contributed by atoms with Gasteiger partial charge in [0.25, 0.3) is 0 Å². The lowest BCUT2D eigenvalue weighted by Crippen LogP contribution is -2.46. The molecule has 3 N–H and O–H groups in total. The molecular weight excluding hydrogens is 707 g/mol. The normalized spacial score (nSPS) is 14.4. The van der Waals surface area contributed by atoms with E-state index in [1.54, 1.807) is 0 Å². The van der Waals surface area contributed by atoms with Crippen molar-refractivity contribution < 1.29 is 32.9 Å². The minimum Gasteiger partial charge on any atom is -0.391 e. The van der Waals surface area contributed by atoms with Crippen LogP contribution in [0.3, 0.4) is 0 Å². The van der Waals surface area contributed by atoms with Gasteiger partial charge in [0.1, 0.15) is 13.2 Å². The number of aliphatic hydroxyl groups excluding tert-OH is 1. The van der Waals surface area contributed by atoms with Crippen LogP contribution < -0.4 is 5.32 Å². The van der Waals surface area contributed by atoms with Crippen LogP contribution in [0.5, 0.6) is 0 Å². The van der Waals surface area contributed by atoms with Gasteiger partial charge in [0.2, 0.25) is 5.91 Å². The van der Waals surface area contributed by atoms with Crippen LogP contribution in [0.15, 0.2) is 12.2 Å². The Morgan fingerprint density at radius 2 is 0.982 bits per heavy atom. The fourth-order valence-corrected chi connectivity index (χ4v) is 7.72. The monoisotopic (exact) mass is 802 g/mol. The number of phosphoric acid groups is 1. The average molecular weight is 802 g/mol. The van der Waals surface area contributed by atoms with Gasteiger partial charge in [0, 0.05) is 6.42 Å². The van der Waals surface area contributed by atoms with Gasteiger partial charge in [-0.2, -0.15) is 0 Å². The molecule has 0 spiro atoms. The van der Waals surface area contributed by atoms with Gasteiger partial charge in [-0.3, -0.25) is 13.8 Å². The first-order valence-electron chi connectivity index (χ1n) is 23.6. The van der Waals surface area contributed by atoms with E-state index in [1.807, 2.05) is 21.1 Å². The summed E-state index contributed by atoms with van der Waals surface area (Å²) >= 11 is 0. The zero-order valence-corrected chi connectivity index (χ0v) is 38.1. The molecule has 0 aromatic heterocycles. The van der Waals surface area contributed by atoms with Crippen LogP contribution in [0.1, 0.15) is 226 Å². The average Bonchev–Trinajstić information content (AvgIpc) is 3.13. The van der Waals surface area contributed by atoms with Crippen molar-refractivity contribution in [3.05, 3.63) is 12.2 Å². The molecule has 0 saturated carbocycles. The molecule has 3 atom stereocenters. The number of allylic oxidation sites excluding steroid dienone is 2. The van der Waals surface area contributed by atoms with E-state index >= 15 is 0 Å². The van der Waals surface area contributed by atoms with E-state index in [0.717, 1.165) is 51.4 Å². The van der Waals surface area contributed by atoms with Gasteiger partial charge in [-0.25, -0.2) is 4.57 Å². The molecular formula is C46H94N2O6P+. The largest absolute Gasteiger partial charge is 0.472 e. The minimum atomic E-state index is -4.31. The van der Waals surface area contributed by atoms with Crippen molar-refractivity contribution >= 4 is 13.7 Å². The highest BCUT2D eigenvalue weighted by molar-refractivity contribution is 7.47. The molecule has 0 radical (unpaired) electrons. The van der Waals surface area contributed by atoms with Crippen LogP contribution >= 0.6 is 7.82 Å². The van der Waals surface area contributed by atoms with Crippen LogP contribution in [-0.4, -0.2) is 73.4 Å². The molecule has 0 aliphatic heterocycles. The maximum atomic E-state index is 12.9. The van der Waals surface area contributed by atoms with Gasteiger partial charge in [-0.1, -0.05) is 193 Å². The summed E-state index contributed by atoms with van der Waals surface area (Å²) in [4.78, 5) is 23.1. The second-order valence-electron chi connectivity index (χ2n) is 17.5. The van der Waals surface area contributed by atoms with Gasteiger partial charge < -0.3 is 19.8 Å². The summed E-state index contributed by atoms with van der Waals surface area (Å²) in [5.41, 5.74) is 0. The second kappa shape index (κ2) is 38.7. The summed E-state index contributed by atoms with van der Waals surface area (Å²) in [5.74, 6) is -0.159. The number of rotatable bonds is 43. The Labute approximate surface area is 342 Å². The van der Waals surface area contributed by atoms with E-state index in [4.69, 9.17) is 9.05 Å². The van der Waals surface area contributed by atoms with Crippen LogP contribution in [-0.2, 0) is 18.4 Å². The Kier molecular flexibility index (Phi) is 38.2. The molecule has 8 nitrogen and oxygen atoms in total. The Morgan fingerprint density at radius 1 is 0.600 bits per heavy atom. The van der Waals surface area contributed by atoms with Crippen LogP contribution in [0.2, 0.25) is 0 Å². The Morgan fingerprint density at radius 3 is 1.40 bits per heavy atom. The van der Waals surface area contributed by atoms with E-state index in [9.17, 15) is 19.4 Å². The van der Waals surface area contributed by atoms with Crippen molar-refractivity contribution in [3.63, 3.8) is 0 Å². The molecule has 0 bridgehead atoms. The minimum absolute atomic E-state index is 0.0739. The van der Waals surface area contributed by atoms with Gasteiger partial charge in [0.05, 0.1) is 39.9 Å². The molecule has 0 aromatic rings. The molecule has 55 heavy (non-hydrogen) atoms. The quantitative estimate of drug-likeness (QED) is 0.0245. The number of amides is 1. The van der Waals surface area contributed by atoms with Crippen LogP contribution in [0, 0.1) is 0 Å². The number of nitrogens with zero attached hydrogens (tertiary/aromatic N) is 1. The maximum absolute atomic E-state index is 12.9. The van der Waals surface area contributed by atoms with E-state index in [0.29, 0.717) is 23.9 Å². The predicted molar refractivity (Wildman–Crippen MR) is 235 cm³/mol. The number of nitrogens with one attached hydrogen (secondary N) is 1. The van der Waals surface area contributed by atoms with Crippen LogP contribution in [0.4, 0.5) is 0 Å². The molecule has 0 saturated heterocycles. The molecule has 0 fully saturated rings. The van der Waals surface area contributed by atoms with E-state index in [2.05, 4.69) is 31.3 Å². The lowest BCUT2D eigenvalue weighted by Gasteiger charge is -2.26. The predicted octanol–water partition coefficient (Wildman–Crippen LogP) is 13.1. The third-order valence-corrected chi connectivity index (χ3v) is 11.7. The Balaban J connectivity index is 4.29. The number of hydrogen-bond acceptors (Lipinski definition) is 5. The Bertz CT molecular complexity index is 911. The van der Waals surface area contributed by atoms with Crippen molar-refractivity contribution in [1.29, 1.82) is 0 Å². The standard InChI is InChI=1S/C46H93N2O6P/c1-6-8-10-12-14-16-18-20-21-22-23-24-25-26-28-29-31-33-35-37-39-45(49)44(43-54-55(51,52)53-42-41-48(3,4)5)47-46(50)40-38-36-34-32-30-27-19-17-15-13-11-9-7-2/h27,30,44-45,49H,6-26,28-29,31-43H2,1-5H3,(H-,47,50,51,52)/p+1/b30-27-. The van der Waals surface area contributed by atoms with Crippen LogP contribution in [0.25, 0.3) is 0 Å². The summed E-state index contributed by atoms with van der Waals surface area (Å²) in [6, 6.07) is -0.764. The van der Waals surface area contributed by atoms with Gasteiger partial charge in [0.15, 0.2) is 0 Å². The first-order valence-corrected chi connectivity index (χ1v) is 25.0. The van der Waals surface area contributed by atoms with Gasteiger partial charge in [-0.15, -0.1) is 0 Å². The number of carbonyl (C=O) groups is 1. The molecule has 0 aliphatic rings. The van der Waals surface area contributed by atoms with Crippen molar-refractivity contribution in [3.8, 4) is 0 Å². The number of carbonyl (C=O) groups excluding carboxylic acids is 1. The fourth-order valence-electron chi connectivity index (χ4n) is 6.98. The summed E-state index contributed by atoms with van der Waals surface area (Å²) in [7, 11) is 1.61. The van der Waals surface area contributed by atoms with Crippen molar-refractivity contribution in [2.45, 2.75) is 238 Å². The highest BCUT2D eigenvalue weighted by Gasteiger charge is 2.28. The number of likely N-dealkylation sites (N-methyl/N-ethyl adjacent to an activating group) is 1. The summed E-state index contributed by atoms with van der Waals surface area (Å²) in [6.45, 7) is 4.88. The molecule has 328 valence electrons. The zero-order chi connectivity index (χ0) is 40.7. The molecule has 9 heteroatoms. The van der Waals surface area contributed by atoms with Crippen molar-refractivity contribution in [2.75, 3.05) is 40.9 Å². The van der Waals surface area contributed by atoms with E-state index in [-0.39, 0.29) is 19.1 Å². The SMILES string of the molecule is CCCCCCCC/C=C\CCCCCC(=O)NC(COP(=O)(O)OCC[N+](C)(C)C)C(O)CCCCCCCCCCCCCCCCCCCCCC. The second-order valence-corrected chi connectivity index (χ2v) is 18.9. The smallest absolute Gasteiger partial charge is 0.391 e.